The van der Waals surface area contributed by atoms with Gasteiger partial charge in [0.2, 0.25) is 0 Å². The summed E-state index contributed by atoms with van der Waals surface area (Å²) in [4.78, 5) is 14.1. The molecule has 6 heteroatoms. The molecule has 271 valence electrons. The first-order chi connectivity index (χ1) is 27.3. The molecule has 0 fully saturated rings. The standard InChI is InChI=1S/C39H26N3S.C11H8N.Ir/c1-3-12-28(13-4-1)31-17-11-18-32(29-14-5-2-6-15-29)38(31)42-36-20-8-7-19-35(36)41-39(42)34-26-43-37-22-21-27(25-33(34)37)24-30-16-9-10-23-40-30;1-2-6-10(7-3-1)11-8-4-5-9-12-11;/h1-23,25H,24H2;1-6,8-9H;/q2*-1;. The number of benzene rings is 6. The minimum atomic E-state index is 0. The van der Waals surface area contributed by atoms with Crippen LogP contribution >= 0.6 is 11.3 Å². The van der Waals surface area contributed by atoms with E-state index in [1.165, 1.54) is 10.3 Å². The quantitative estimate of drug-likeness (QED) is 0.150. The molecule has 1 radical (unpaired) electrons. The van der Waals surface area contributed by atoms with Crippen molar-refractivity contribution < 1.29 is 20.1 Å². The monoisotopic (exact) mass is 915 g/mol. The van der Waals surface area contributed by atoms with Gasteiger partial charge in [-0.1, -0.05) is 143 Å². The summed E-state index contributed by atoms with van der Waals surface area (Å²) in [5.41, 5.74) is 13.1. The van der Waals surface area contributed by atoms with Gasteiger partial charge in [-0.25, -0.2) is 0 Å². The second-order valence-corrected chi connectivity index (χ2v) is 13.9. The number of pyridine rings is 2. The minimum absolute atomic E-state index is 0. The molecule has 0 aliphatic carbocycles. The number of para-hydroxylation sites is 3. The van der Waals surface area contributed by atoms with E-state index < -0.39 is 0 Å². The molecule has 0 saturated carbocycles. The molecule has 0 spiro atoms. The summed E-state index contributed by atoms with van der Waals surface area (Å²) in [6.45, 7) is 0. The van der Waals surface area contributed by atoms with Crippen LogP contribution in [0.15, 0.2) is 194 Å². The van der Waals surface area contributed by atoms with Crippen molar-refractivity contribution in [1.29, 1.82) is 0 Å². The summed E-state index contributed by atoms with van der Waals surface area (Å²) in [5, 5.41) is 4.81. The maximum atomic E-state index is 5.29. The molecule has 10 aromatic rings. The van der Waals surface area contributed by atoms with Crippen LogP contribution < -0.4 is 0 Å². The molecule has 0 aliphatic rings. The Kier molecular flexibility index (Phi) is 11.1. The molecule has 4 aromatic heterocycles. The fraction of sp³-hybridized carbons (Fsp3) is 0.0200. The Balaban J connectivity index is 0.000000290. The van der Waals surface area contributed by atoms with E-state index in [9.17, 15) is 0 Å². The normalized spacial score (nSPS) is 10.8. The van der Waals surface area contributed by atoms with E-state index in [1.54, 1.807) is 17.5 Å². The van der Waals surface area contributed by atoms with Crippen LogP contribution in [0.5, 0.6) is 0 Å². The Morgan fingerprint density at radius 2 is 1.27 bits per heavy atom. The van der Waals surface area contributed by atoms with Crippen LogP contribution in [0, 0.1) is 11.4 Å². The zero-order valence-corrected chi connectivity index (χ0v) is 33.4. The van der Waals surface area contributed by atoms with E-state index >= 15 is 0 Å². The number of fused-ring (bicyclic) bond motifs is 2. The SMILES string of the molecule is [Ir].[c-]1ccccc1-c1ccccn1.[c-]1sc2ccc(Cc3ccccn3)cc2c1-c1nc2ccccc2n1-c1c(-c2ccccc2)cccc1-c1ccccc1. The third kappa shape index (κ3) is 7.64. The third-order valence-corrected chi connectivity index (χ3v) is 10.4. The molecule has 6 aromatic carbocycles. The molecule has 56 heavy (non-hydrogen) atoms. The van der Waals surface area contributed by atoms with Crippen molar-refractivity contribution in [1.82, 2.24) is 19.5 Å². The molecule has 10 rings (SSSR count). The summed E-state index contributed by atoms with van der Waals surface area (Å²) < 4.78 is 3.54. The van der Waals surface area contributed by atoms with Crippen molar-refractivity contribution >= 4 is 32.5 Å². The van der Waals surface area contributed by atoms with Crippen LogP contribution in [-0.2, 0) is 26.5 Å². The van der Waals surface area contributed by atoms with Crippen molar-refractivity contribution in [3.05, 3.63) is 217 Å². The molecule has 4 heterocycles. The first-order valence-electron chi connectivity index (χ1n) is 18.2. The molecule has 0 unspecified atom stereocenters. The molecule has 0 aliphatic heterocycles. The van der Waals surface area contributed by atoms with Gasteiger partial charge in [0, 0.05) is 55.7 Å². The van der Waals surface area contributed by atoms with Crippen LogP contribution in [0.25, 0.3) is 71.7 Å². The van der Waals surface area contributed by atoms with Gasteiger partial charge in [-0.15, -0.1) is 47.3 Å². The average molecular weight is 915 g/mol. The zero-order valence-electron chi connectivity index (χ0n) is 30.2. The van der Waals surface area contributed by atoms with Crippen molar-refractivity contribution in [2.24, 2.45) is 0 Å². The van der Waals surface area contributed by atoms with Crippen LogP contribution in [0.1, 0.15) is 11.3 Å². The first kappa shape index (κ1) is 36.7. The van der Waals surface area contributed by atoms with Gasteiger partial charge in [-0.05, 0) is 47.2 Å². The van der Waals surface area contributed by atoms with Gasteiger partial charge < -0.3 is 9.55 Å². The number of hydrogen-bond donors (Lipinski definition) is 0. The molecular weight excluding hydrogens is 881 g/mol. The van der Waals surface area contributed by atoms with Gasteiger partial charge in [0.05, 0.1) is 22.5 Å². The fourth-order valence-corrected chi connectivity index (χ4v) is 7.81. The number of rotatable bonds is 7. The van der Waals surface area contributed by atoms with Crippen LogP contribution in [0.3, 0.4) is 0 Å². The molecule has 0 saturated heterocycles. The Labute approximate surface area is 344 Å². The zero-order chi connectivity index (χ0) is 36.8. The Bertz CT molecular complexity index is 2730. The van der Waals surface area contributed by atoms with Crippen molar-refractivity contribution in [2.45, 2.75) is 6.42 Å². The number of thiophene rings is 1. The summed E-state index contributed by atoms with van der Waals surface area (Å²) in [6.07, 6.45) is 4.42. The number of hydrogen-bond acceptors (Lipinski definition) is 4. The average Bonchev–Trinajstić information content (AvgIpc) is 3.86. The predicted molar refractivity (Wildman–Crippen MR) is 227 cm³/mol. The fourth-order valence-electron chi connectivity index (χ4n) is 6.99. The van der Waals surface area contributed by atoms with Crippen LogP contribution in [0.2, 0.25) is 0 Å². The van der Waals surface area contributed by atoms with Gasteiger partial charge in [-0.3, -0.25) is 21.3 Å². The van der Waals surface area contributed by atoms with Gasteiger partial charge in [0.1, 0.15) is 0 Å². The smallest absolute Gasteiger partial charge is 0.0774 e. The Morgan fingerprint density at radius 3 is 1.95 bits per heavy atom. The molecule has 4 nitrogen and oxygen atoms in total. The Morgan fingerprint density at radius 1 is 0.589 bits per heavy atom. The van der Waals surface area contributed by atoms with Crippen molar-refractivity contribution in [2.75, 3.05) is 0 Å². The maximum Gasteiger partial charge on any atom is 0.0774 e. The van der Waals surface area contributed by atoms with Gasteiger partial charge in [0.25, 0.3) is 0 Å². The Hall–Kier alpha value is -6.30. The molecule has 0 atom stereocenters. The van der Waals surface area contributed by atoms with E-state index in [2.05, 4.69) is 153 Å². The van der Waals surface area contributed by atoms with E-state index in [0.29, 0.717) is 0 Å². The van der Waals surface area contributed by atoms with E-state index in [-0.39, 0.29) is 20.1 Å². The van der Waals surface area contributed by atoms with Crippen LogP contribution in [-0.4, -0.2) is 19.5 Å². The van der Waals surface area contributed by atoms with Gasteiger partial charge >= 0.3 is 0 Å². The van der Waals surface area contributed by atoms with E-state index in [0.717, 1.165) is 79.1 Å². The summed E-state index contributed by atoms with van der Waals surface area (Å²) >= 11 is 1.64. The van der Waals surface area contributed by atoms with Gasteiger partial charge in [-0.2, -0.15) is 0 Å². The second-order valence-electron chi connectivity index (χ2n) is 13.1. The minimum Gasteiger partial charge on any atom is -0.332 e. The number of nitrogens with zero attached hydrogens (tertiary/aromatic N) is 4. The first-order valence-corrected chi connectivity index (χ1v) is 19.0. The summed E-state index contributed by atoms with van der Waals surface area (Å²) in [5.74, 6) is 0.892. The number of imidazole rings is 1. The molecule has 0 amide bonds. The maximum absolute atomic E-state index is 5.29. The van der Waals surface area contributed by atoms with E-state index in [4.69, 9.17) is 4.98 Å². The topological polar surface area (TPSA) is 43.6 Å². The predicted octanol–water partition coefficient (Wildman–Crippen LogP) is 12.6. The third-order valence-electron chi connectivity index (χ3n) is 9.55. The van der Waals surface area contributed by atoms with E-state index in [1.807, 2.05) is 60.8 Å². The van der Waals surface area contributed by atoms with Gasteiger partial charge in [0.15, 0.2) is 0 Å². The largest absolute Gasteiger partial charge is 0.332 e. The van der Waals surface area contributed by atoms with Crippen molar-refractivity contribution in [3.8, 4) is 50.6 Å². The summed E-state index contributed by atoms with van der Waals surface area (Å²) in [7, 11) is 0. The molecule has 0 bridgehead atoms. The van der Waals surface area contributed by atoms with Crippen molar-refractivity contribution in [3.63, 3.8) is 0 Å². The molecular formula is C50H34IrN4S-2. The summed E-state index contributed by atoms with van der Waals surface area (Å²) in [6, 6.07) is 65.9. The number of aromatic nitrogens is 4. The van der Waals surface area contributed by atoms with Crippen LogP contribution in [0.4, 0.5) is 0 Å². The molecule has 0 N–H and O–H groups in total. The second kappa shape index (κ2) is 17.0.